The molecule has 4 aromatic rings. The van der Waals surface area contributed by atoms with Crippen LogP contribution in [-0.2, 0) is 0 Å². The molecule has 7 heteroatoms. The number of nitrogens with zero attached hydrogens (tertiary/aromatic N) is 3. The monoisotopic (exact) mass is 449 g/mol. The van der Waals surface area contributed by atoms with Crippen molar-refractivity contribution >= 4 is 43.4 Å². The zero-order valence-electron chi connectivity index (χ0n) is 19.0. The average molecular weight is 450 g/mol. The third kappa shape index (κ3) is 4.13. The Bertz CT molecular complexity index is 1280. The van der Waals surface area contributed by atoms with Gasteiger partial charge in [0.05, 0.1) is 24.5 Å². The summed E-state index contributed by atoms with van der Waals surface area (Å²) in [4.78, 5) is 22.5. The van der Waals surface area contributed by atoms with Crippen LogP contribution in [0, 0.1) is 6.92 Å². The number of aromatic nitrogens is 1. The fourth-order valence-electron chi connectivity index (χ4n) is 3.66. The summed E-state index contributed by atoms with van der Waals surface area (Å²) in [6, 6.07) is 15.7. The van der Waals surface area contributed by atoms with Gasteiger partial charge in [0, 0.05) is 13.1 Å². The van der Waals surface area contributed by atoms with Crippen LogP contribution >= 0.6 is 11.3 Å². The lowest BCUT2D eigenvalue weighted by Gasteiger charge is -2.23. The first kappa shape index (κ1) is 22.0. The molecule has 32 heavy (non-hydrogen) atoms. The van der Waals surface area contributed by atoms with Crippen molar-refractivity contribution in [1.82, 2.24) is 9.88 Å². The number of ether oxygens (including phenoxy) is 2. The minimum Gasteiger partial charge on any atom is -0.496 e. The van der Waals surface area contributed by atoms with Gasteiger partial charge in [-0.3, -0.25) is 9.69 Å². The van der Waals surface area contributed by atoms with E-state index < -0.39 is 0 Å². The summed E-state index contributed by atoms with van der Waals surface area (Å²) in [7, 11) is 7.21. The van der Waals surface area contributed by atoms with Crippen LogP contribution < -0.4 is 14.4 Å². The molecule has 3 aromatic carbocycles. The average Bonchev–Trinajstić information content (AvgIpc) is 3.24. The van der Waals surface area contributed by atoms with E-state index in [1.807, 2.05) is 69.6 Å². The molecule has 0 saturated carbocycles. The second-order valence-electron chi connectivity index (χ2n) is 7.92. The number of benzene rings is 3. The molecule has 166 valence electrons. The highest BCUT2D eigenvalue weighted by atomic mass is 32.1. The number of fused-ring (bicyclic) bond motifs is 2. The van der Waals surface area contributed by atoms with Crippen molar-refractivity contribution < 1.29 is 14.3 Å². The molecule has 1 heterocycles. The van der Waals surface area contributed by atoms with Gasteiger partial charge in [0.15, 0.2) is 5.13 Å². The maximum absolute atomic E-state index is 13.9. The van der Waals surface area contributed by atoms with Gasteiger partial charge in [0.1, 0.15) is 17.0 Å². The Balaban J connectivity index is 1.84. The highest BCUT2D eigenvalue weighted by Gasteiger charge is 2.25. The standard InChI is InChI=1S/C25H27N3O3S/c1-16-10-11-20(30-4)22-23(16)32-25(26-22)28(13-12-27(2)3)24(29)19-14-17-8-6-7-9-18(17)15-21(19)31-5/h6-11,14-15H,12-13H2,1-5H3. The predicted molar refractivity (Wildman–Crippen MR) is 132 cm³/mol. The van der Waals surface area contributed by atoms with Crippen LogP contribution in [0.5, 0.6) is 11.5 Å². The van der Waals surface area contributed by atoms with Gasteiger partial charge < -0.3 is 14.4 Å². The highest BCUT2D eigenvalue weighted by molar-refractivity contribution is 7.22. The van der Waals surface area contributed by atoms with Gasteiger partial charge >= 0.3 is 0 Å². The van der Waals surface area contributed by atoms with Crippen LogP contribution in [0.2, 0.25) is 0 Å². The van der Waals surface area contributed by atoms with Crippen LogP contribution in [0.3, 0.4) is 0 Å². The molecule has 0 spiro atoms. The molecule has 0 atom stereocenters. The van der Waals surface area contributed by atoms with Crippen molar-refractivity contribution in [2.45, 2.75) is 6.92 Å². The summed E-state index contributed by atoms with van der Waals surface area (Å²) in [6.45, 7) is 3.25. The first-order valence-electron chi connectivity index (χ1n) is 10.4. The predicted octanol–water partition coefficient (Wildman–Crippen LogP) is 4.98. The van der Waals surface area contributed by atoms with Crippen LogP contribution in [-0.4, -0.2) is 57.2 Å². The fraction of sp³-hybridized carbons (Fsp3) is 0.280. The second-order valence-corrected chi connectivity index (χ2v) is 8.90. The van der Waals surface area contributed by atoms with Crippen LogP contribution in [0.15, 0.2) is 48.5 Å². The summed E-state index contributed by atoms with van der Waals surface area (Å²) in [6.07, 6.45) is 0. The van der Waals surface area contributed by atoms with Gasteiger partial charge in [-0.25, -0.2) is 4.98 Å². The number of hydrogen-bond donors (Lipinski definition) is 0. The summed E-state index contributed by atoms with van der Waals surface area (Å²) >= 11 is 1.51. The molecular formula is C25H27N3O3S. The molecule has 0 unspecified atom stereocenters. The number of amides is 1. The van der Waals surface area contributed by atoms with E-state index >= 15 is 0 Å². The largest absolute Gasteiger partial charge is 0.496 e. The van der Waals surface area contributed by atoms with Gasteiger partial charge in [-0.15, -0.1) is 0 Å². The summed E-state index contributed by atoms with van der Waals surface area (Å²) in [5.41, 5.74) is 2.40. The number of thiazole rings is 1. The number of methoxy groups -OCH3 is 2. The minimum absolute atomic E-state index is 0.134. The Morgan fingerprint density at radius 3 is 2.31 bits per heavy atom. The Kier molecular flexibility index (Phi) is 6.30. The quantitative estimate of drug-likeness (QED) is 0.398. The first-order valence-corrected chi connectivity index (χ1v) is 11.2. The number of anilines is 1. The lowest BCUT2D eigenvalue weighted by Crippen LogP contribution is -2.37. The number of carbonyl (C=O) groups is 1. The van der Waals surface area contributed by atoms with E-state index in [0.717, 1.165) is 26.6 Å². The topological polar surface area (TPSA) is 54.9 Å². The molecule has 0 bridgehead atoms. The van der Waals surface area contributed by atoms with Gasteiger partial charge in [0.2, 0.25) is 0 Å². The van der Waals surface area contributed by atoms with Crippen molar-refractivity contribution in [2.75, 3.05) is 46.3 Å². The van der Waals surface area contributed by atoms with E-state index in [4.69, 9.17) is 14.5 Å². The summed E-state index contributed by atoms with van der Waals surface area (Å²) in [5.74, 6) is 1.12. The van der Waals surface area contributed by atoms with Crippen molar-refractivity contribution in [3.05, 3.63) is 59.7 Å². The minimum atomic E-state index is -0.134. The van der Waals surface area contributed by atoms with Crippen LogP contribution in [0.1, 0.15) is 15.9 Å². The number of aryl methyl sites for hydroxylation is 1. The molecule has 0 aliphatic rings. The lowest BCUT2D eigenvalue weighted by atomic mass is 10.0. The normalized spacial score (nSPS) is 11.3. The number of carbonyl (C=O) groups excluding carboxylic acids is 1. The Labute approximate surface area is 192 Å². The van der Waals surface area contributed by atoms with Crippen molar-refractivity contribution in [3.63, 3.8) is 0 Å². The summed E-state index contributed by atoms with van der Waals surface area (Å²) < 4.78 is 12.1. The second kappa shape index (κ2) is 9.14. The molecule has 0 radical (unpaired) electrons. The molecule has 1 aromatic heterocycles. The highest BCUT2D eigenvalue weighted by Crippen LogP contribution is 2.37. The van der Waals surface area contributed by atoms with Crippen molar-refractivity contribution in [3.8, 4) is 11.5 Å². The first-order chi connectivity index (χ1) is 15.4. The van der Waals surface area contributed by atoms with Gasteiger partial charge in [-0.2, -0.15) is 0 Å². The third-order valence-corrected chi connectivity index (χ3v) is 6.67. The van der Waals surface area contributed by atoms with Crippen LogP contribution in [0.25, 0.3) is 21.0 Å². The van der Waals surface area contributed by atoms with Crippen LogP contribution in [0.4, 0.5) is 5.13 Å². The SMILES string of the molecule is COc1cc2ccccc2cc1C(=O)N(CCN(C)C)c1nc2c(OC)ccc(C)c2s1. The Morgan fingerprint density at radius 2 is 1.66 bits per heavy atom. The molecular weight excluding hydrogens is 422 g/mol. The maximum atomic E-state index is 13.9. The van der Waals surface area contributed by atoms with E-state index in [1.165, 1.54) is 11.3 Å². The Morgan fingerprint density at radius 1 is 0.969 bits per heavy atom. The maximum Gasteiger partial charge on any atom is 0.263 e. The molecule has 0 saturated heterocycles. The number of hydrogen-bond acceptors (Lipinski definition) is 6. The van der Waals surface area contributed by atoms with E-state index in [2.05, 4.69) is 4.90 Å². The zero-order chi connectivity index (χ0) is 22.8. The molecule has 0 N–H and O–H groups in total. The third-order valence-electron chi connectivity index (χ3n) is 5.46. The van der Waals surface area contributed by atoms with Gasteiger partial charge in [-0.05, 0) is 55.6 Å². The number of likely N-dealkylation sites (N-methyl/N-ethyl adjacent to an activating group) is 1. The van der Waals surface area contributed by atoms with E-state index in [1.54, 1.807) is 19.1 Å². The fourth-order valence-corrected chi connectivity index (χ4v) is 4.74. The molecule has 0 fully saturated rings. The molecule has 0 aliphatic heterocycles. The van der Waals surface area contributed by atoms with Crippen molar-refractivity contribution in [2.24, 2.45) is 0 Å². The molecule has 0 aliphatic carbocycles. The van der Waals surface area contributed by atoms with E-state index in [0.29, 0.717) is 35.3 Å². The molecule has 1 amide bonds. The lowest BCUT2D eigenvalue weighted by molar-refractivity contribution is 0.0982. The zero-order valence-corrected chi connectivity index (χ0v) is 19.8. The van der Waals surface area contributed by atoms with E-state index in [-0.39, 0.29) is 5.91 Å². The van der Waals surface area contributed by atoms with E-state index in [9.17, 15) is 4.79 Å². The number of rotatable bonds is 7. The van der Waals surface area contributed by atoms with Gasteiger partial charge in [0.25, 0.3) is 5.91 Å². The molecule has 4 rings (SSSR count). The van der Waals surface area contributed by atoms with Gasteiger partial charge in [-0.1, -0.05) is 41.7 Å². The van der Waals surface area contributed by atoms with Crippen molar-refractivity contribution in [1.29, 1.82) is 0 Å². The smallest absolute Gasteiger partial charge is 0.263 e. The molecule has 6 nitrogen and oxygen atoms in total. The Hall–Kier alpha value is -3.16. The summed E-state index contributed by atoms with van der Waals surface area (Å²) in [5, 5.41) is 2.67.